The van der Waals surface area contributed by atoms with Crippen molar-refractivity contribution < 1.29 is 10.2 Å². The molecule has 3 nitrogen and oxygen atoms in total. The van der Waals surface area contributed by atoms with Crippen molar-refractivity contribution in [2.45, 2.75) is 46.3 Å². The van der Waals surface area contributed by atoms with Crippen LogP contribution < -0.4 is 5.32 Å². The minimum Gasteiger partial charge on any atom is -0.508 e. The van der Waals surface area contributed by atoms with Crippen molar-refractivity contribution in [1.29, 1.82) is 0 Å². The maximum Gasteiger partial charge on any atom is 0.115 e. The Balaban J connectivity index is 2.41. The van der Waals surface area contributed by atoms with Crippen LogP contribution in [0.4, 0.5) is 0 Å². The lowest BCUT2D eigenvalue weighted by Gasteiger charge is -2.24. The normalized spacial score (nSPS) is 15.4. The molecule has 102 valence electrons. The first-order valence-electron chi connectivity index (χ1n) is 6.48. The Bertz CT molecular complexity index is 354. The molecule has 0 aromatic heterocycles. The number of aliphatic hydroxyl groups excluding tert-OH is 1. The number of hydrogen-bond acceptors (Lipinski definition) is 3. The van der Waals surface area contributed by atoms with Crippen LogP contribution in [0.5, 0.6) is 5.75 Å². The highest BCUT2D eigenvalue weighted by Gasteiger charge is 2.17. The van der Waals surface area contributed by atoms with Gasteiger partial charge in [-0.15, -0.1) is 0 Å². The van der Waals surface area contributed by atoms with E-state index >= 15 is 0 Å². The lowest BCUT2D eigenvalue weighted by atomic mass is 9.89. The highest BCUT2D eigenvalue weighted by molar-refractivity contribution is 5.27. The molecule has 0 aliphatic carbocycles. The lowest BCUT2D eigenvalue weighted by molar-refractivity contribution is 0.117. The summed E-state index contributed by atoms with van der Waals surface area (Å²) in [4.78, 5) is 0. The van der Waals surface area contributed by atoms with Gasteiger partial charge in [-0.2, -0.15) is 0 Å². The molecule has 0 bridgehead atoms. The Morgan fingerprint density at radius 2 is 1.72 bits per heavy atom. The third kappa shape index (κ3) is 5.52. The van der Waals surface area contributed by atoms with Crippen molar-refractivity contribution in [2.75, 3.05) is 6.54 Å². The zero-order valence-electron chi connectivity index (χ0n) is 11.8. The summed E-state index contributed by atoms with van der Waals surface area (Å²) in [7, 11) is 0. The Hall–Kier alpha value is -1.06. The number of hydrogen-bond donors (Lipinski definition) is 3. The summed E-state index contributed by atoms with van der Waals surface area (Å²) >= 11 is 0. The molecule has 0 saturated heterocycles. The largest absolute Gasteiger partial charge is 0.508 e. The van der Waals surface area contributed by atoms with Crippen molar-refractivity contribution in [3.05, 3.63) is 29.8 Å². The van der Waals surface area contributed by atoms with Crippen LogP contribution in [0.25, 0.3) is 0 Å². The molecule has 2 unspecified atom stereocenters. The second-order valence-electron chi connectivity index (χ2n) is 6.14. The minimum absolute atomic E-state index is 0.142. The number of phenols is 1. The van der Waals surface area contributed by atoms with Gasteiger partial charge in [-0.05, 0) is 36.5 Å². The Morgan fingerprint density at radius 3 is 2.22 bits per heavy atom. The van der Waals surface area contributed by atoms with Gasteiger partial charge in [0.1, 0.15) is 5.75 Å². The van der Waals surface area contributed by atoms with E-state index in [1.807, 2.05) is 12.1 Å². The summed E-state index contributed by atoms with van der Waals surface area (Å²) in [6.07, 6.45) is 0.451. The summed E-state index contributed by atoms with van der Waals surface area (Å²) in [5.41, 5.74) is 1.25. The quantitative estimate of drug-likeness (QED) is 0.754. The van der Waals surface area contributed by atoms with Gasteiger partial charge >= 0.3 is 0 Å². The van der Waals surface area contributed by atoms with Gasteiger partial charge in [0.2, 0.25) is 0 Å². The van der Waals surface area contributed by atoms with E-state index in [0.29, 0.717) is 6.54 Å². The topological polar surface area (TPSA) is 52.5 Å². The molecule has 3 heteroatoms. The van der Waals surface area contributed by atoms with Gasteiger partial charge in [0.15, 0.2) is 0 Å². The molecular formula is C15H25NO2. The molecule has 0 amide bonds. The van der Waals surface area contributed by atoms with E-state index in [1.54, 1.807) is 12.1 Å². The molecule has 1 rings (SSSR count). The zero-order chi connectivity index (χ0) is 13.8. The monoisotopic (exact) mass is 251 g/mol. The first-order valence-corrected chi connectivity index (χ1v) is 6.48. The Labute approximate surface area is 110 Å². The summed E-state index contributed by atoms with van der Waals surface area (Å²) in [5.74, 6) is 0.277. The van der Waals surface area contributed by atoms with E-state index in [1.165, 1.54) is 0 Å². The average Bonchev–Trinajstić information content (AvgIpc) is 2.24. The van der Waals surface area contributed by atoms with Gasteiger partial charge < -0.3 is 15.5 Å². The second-order valence-corrected chi connectivity index (χ2v) is 6.14. The van der Waals surface area contributed by atoms with E-state index < -0.39 is 0 Å². The number of aromatic hydroxyl groups is 1. The van der Waals surface area contributed by atoms with Crippen LogP contribution in [0.3, 0.4) is 0 Å². The van der Waals surface area contributed by atoms with Crippen LogP contribution in [-0.2, 0) is 0 Å². The van der Waals surface area contributed by atoms with Crippen LogP contribution in [0.15, 0.2) is 24.3 Å². The fraction of sp³-hybridized carbons (Fsp3) is 0.600. The third-order valence-corrected chi connectivity index (χ3v) is 2.90. The number of benzene rings is 1. The number of rotatable bonds is 5. The summed E-state index contributed by atoms with van der Waals surface area (Å²) in [6, 6.07) is 7.31. The highest BCUT2D eigenvalue weighted by atomic mass is 16.3. The van der Waals surface area contributed by atoms with E-state index in [2.05, 4.69) is 33.0 Å². The molecule has 3 N–H and O–H groups in total. The molecule has 0 aliphatic rings. The van der Waals surface area contributed by atoms with E-state index in [-0.39, 0.29) is 23.3 Å². The van der Waals surface area contributed by atoms with Crippen LogP contribution in [0.1, 0.15) is 45.7 Å². The molecule has 0 heterocycles. The molecule has 18 heavy (non-hydrogen) atoms. The first-order chi connectivity index (χ1) is 8.28. The van der Waals surface area contributed by atoms with E-state index in [4.69, 9.17) is 0 Å². The molecule has 0 aliphatic heterocycles. The molecule has 0 saturated carbocycles. The van der Waals surface area contributed by atoms with Crippen LogP contribution in [0, 0.1) is 5.41 Å². The van der Waals surface area contributed by atoms with Crippen molar-refractivity contribution in [3.63, 3.8) is 0 Å². The van der Waals surface area contributed by atoms with Crippen LogP contribution in [0.2, 0.25) is 0 Å². The average molecular weight is 251 g/mol. The van der Waals surface area contributed by atoms with Gasteiger partial charge in [-0.3, -0.25) is 0 Å². The van der Waals surface area contributed by atoms with Gasteiger partial charge in [-0.25, -0.2) is 0 Å². The van der Waals surface area contributed by atoms with Crippen molar-refractivity contribution >= 4 is 0 Å². The Kier molecular flexibility index (Phi) is 5.17. The molecule has 2 atom stereocenters. The zero-order valence-corrected chi connectivity index (χ0v) is 11.8. The molecule has 0 radical (unpaired) electrons. The van der Waals surface area contributed by atoms with E-state index in [9.17, 15) is 10.2 Å². The van der Waals surface area contributed by atoms with Gasteiger partial charge in [0, 0.05) is 12.6 Å². The predicted molar refractivity (Wildman–Crippen MR) is 74.6 cm³/mol. The lowest BCUT2D eigenvalue weighted by Crippen LogP contribution is -2.31. The molecule has 1 aromatic carbocycles. The smallest absolute Gasteiger partial charge is 0.115 e. The standard InChI is InChI=1S/C15H25NO2/c1-11(12-5-7-13(17)8-6-12)16-10-14(18)9-15(2,3)4/h5-8,11,14,16-18H,9-10H2,1-4H3. The molecule has 1 aromatic rings. The second kappa shape index (κ2) is 6.21. The van der Waals surface area contributed by atoms with Crippen molar-refractivity contribution in [3.8, 4) is 5.75 Å². The number of phenolic OH excluding ortho intramolecular Hbond substituents is 1. The third-order valence-electron chi connectivity index (χ3n) is 2.90. The van der Waals surface area contributed by atoms with Crippen LogP contribution >= 0.6 is 0 Å². The molecular weight excluding hydrogens is 226 g/mol. The van der Waals surface area contributed by atoms with Crippen molar-refractivity contribution in [2.24, 2.45) is 5.41 Å². The number of aliphatic hydroxyl groups is 1. The van der Waals surface area contributed by atoms with Gasteiger partial charge in [0.25, 0.3) is 0 Å². The maximum atomic E-state index is 9.92. The van der Waals surface area contributed by atoms with Gasteiger partial charge in [0.05, 0.1) is 6.10 Å². The van der Waals surface area contributed by atoms with Crippen molar-refractivity contribution in [1.82, 2.24) is 5.32 Å². The maximum absolute atomic E-state index is 9.92. The minimum atomic E-state index is -0.329. The summed E-state index contributed by atoms with van der Waals surface area (Å²) in [5, 5.41) is 22.5. The SMILES string of the molecule is CC(NCC(O)CC(C)(C)C)c1ccc(O)cc1. The summed E-state index contributed by atoms with van der Waals surface area (Å²) in [6.45, 7) is 9.01. The van der Waals surface area contributed by atoms with Crippen LogP contribution in [-0.4, -0.2) is 22.9 Å². The molecule has 0 spiro atoms. The fourth-order valence-electron chi connectivity index (χ4n) is 1.97. The first kappa shape index (κ1) is 15.0. The van der Waals surface area contributed by atoms with E-state index in [0.717, 1.165) is 12.0 Å². The number of nitrogens with one attached hydrogen (secondary N) is 1. The fourth-order valence-corrected chi connectivity index (χ4v) is 1.97. The predicted octanol–water partition coefficient (Wildman–Crippen LogP) is 2.84. The Morgan fingerprint density at radius 1 is 1.17 bits per heavy atom. The highest BCUT2D eigenvalue weighted by Crippen LogP contribution is 2.21. The molecule has 0 fully saturated rings. The van der Waals surface area contributed by atoms with Gasteiger partial charge in [-0.1, -0.05) is 32.9 Å². The summed E-state index contributed by atoms with van der Waals surface area (Å²) < 4.78 is 0.